The van der Waals surface area contributed by atoms with E-state index in [0.717, 1.165) is 12.1 Å². The summed E-state index contributed by atoms with van der Waals surface area (Å²) in [7, 11) is 0. The molecule has 0 saturated carbocycles. The number of carbonyl (C=O) groups excluding carboxylic acids is 1. The first-order valence-corrected chi connectivity index (χ1v) is 9.09. The van der Waals surface area contributed by atoms with Gasteiger partial charge in [0.1, 0.15) is 11.6 Å². The molecule has 1 heterocycles. The zero-order valence-corrected chi connectivity index (χ0v) is 14.4. The maximum Gasteiger partial charge on any atom is 0.255 e. The number of hydrogen-bond acceptors (Lipinski definition) is 2. The van der Waals surface area contributed by atoms with Gasteiger partial charge in [-0.2, -0.15) is 11.8 Å². The Morgan fingerprint density at radius 3 is 2.75 bits per heavy atom. The van der Waals surface area contributed by atoms with E-state index in [9.17, 15) is 13.6 Å². The van der Waals surface area contributed by atoms with Crippen LogP contribution in [0, 0.1) is 11.6 Å². The summed E-state index contributed by atoms with van der Waals surface area (Å²) in [5.41, 5.74) is 0.839. The number of hydrogen-bond donors (Lipinski definition) is 0. The van der Waals surface area contributed by atoms with Crippen molar-refractivity contribution in [1.82, 2.24) is 4.90 Å². The average Bonchev–Trinajstić information content (AvgIpc) is 2.83. The molecule has 0 bridgehead atoms. The van der Waals surface area contributed by atoms with Crippen molar-refractivity contribution in [2.75, 3.05) is 18.8 Å². The zero-order valence-electron chi connectivity index (χ0n) is 12.8. The van der Waals surface area contributed by atoms with Gasteiger partial charge in [0, 0.05) is 29.7 Å². The van der Waals surface area contributed by atoms with Gasteiger partial charge in [0.15, 0.2) is 0 Å². The summed E-state index contributed by atoms with van der Waals surface area (Å²) in [5, 5.41) is 0.261. The van der Waals surface area contributed by atoms with Crippen LogP contribution >= 0.6 is 23.4 Å². The van der Waals surface area contributed by atoms with Crippen LogP contribution in [-0.2, 0) is 0 Å². The van der Waals surface area contributed by atoms with Crippen LogP contribution in [0.3, 0.4) is 0 Å². The van der Waals surface area contributed by atoms with E-state index in [1.165, 1.54) is 6.07 Å². The maximum absolute atomic E-state index is 14.0. The van der Waals surface area contributed by atoms with Crippen molar-refractivity contribution >= 4 is 29.3 Å². The first-order chi connectivity index (χ1) is 11.6. The standard InChI is InChI=1S/C18H16ClF2NOS/c19-15-4-2-1-3-13(15)18(23)22-8-7-17(24-10-9-22)14-11-12(20)5-6-16(14)21/h1-6,11,17H,7-10H2. The maximum atomic E-state index is 14.0. The molecule has 1 unspecified atom stereocenters. The topological polar surface area (TPSA) is 20.3 Å². The second kappa shape index (κ2) is 7.53. The minimum Gasteiger partial charge on any atom is -0.338 e. The van der Waals surface area contributed by atoms with Crippen LogP contribution < -0.4 is 0 Å². The van der Waals surface area contributed by atoms with E-state index in [2.05, 4.69) is 0 Å². The van der Waals surface area contributed by atoms with Gasteiger partial charge in [-0.15, -0.1) is 0 Å². The molecule has 1 aliphatic rings. The molecule has 0 aliphatic carbocycles. The molecule has 2 aromatic rings. The Morgan fingerprint density at radius 2 is 1.96 bits per heavy atom. The second-order valence-corrected chi connectivity index (χ2v) is 7.30. The second-order valence-electron chi connectivity index (χ2n) is 5.59. The summed E-state index contributed by atoms with van der Waals surface area (Å²) in [6.45, 7) is 1.04. The van der Waals surface area contributed by atoms with Crippen molar-refractivity contribution in [3.8, 4) is 0 Å². The first-order valence-electron chi connectivity index (χ1n) is 7.66. The number of halogens is 3. The van der Waals surface area contributed by atoms with Crippen LogP contribution in [0.5, 0.6) is 0 Å². The Balaban J connectivity index is 1.75. The van der Waals surface area contributed by atoms with E-state index < -0.39 is 11.6 Å². The lowest BCUT2D eigenvalue weighted by molar-refractivity contribution is 0.0766. The van der Waals surface area contributed by atoms with Crippen molar-refractivity contribution < 1.29 is 13.6 Å². The Morgan fingerprint density at radius 1 is 1.17 bits per heavy atom. The van der Waals surface area contributed by atoms with Gasteiger partial charge in [0.25, 0.3) is 5.91 Å². The molecule has 0 N–H and O–H groups in total. The lowest BCUT2D eigenvalue weighted by atomic mass is 10.1. The number of benzene rings is 2. The van der Waals surface area contributed by atoms with Crippen LogP contribution in [0.25, 0.3) is 0 Å². The van der Waals surface area contributed by atoms with Gasteiger partial charge in [-0.05, 0) is 36.8 Å². The highest BCUT2D eigenvalue weighted by molar-refractivity contribution is 7.99. The third kappa shape index (κ3) is 3.73. The summed E-state index contributed by atoms with van der Waals surface area (Å²) < 4.78 is 27.4. The summed E-state index contributed by atoms with van der Waals surface area (Å²) in [4.78, 5) is 14.4. The van der Waals surface area contributed by atoms with Gasteiger partial charge in [-0.25, -0.2) is 8.78 Å². The van der Waals surface area contributed by atoms with E-state index in [-0.39, 0.29) is 11.2 Å². The van der Waals surface area contributed by atoms with Crippen molar-refractivity contribution in [3.63, 3.8) is 0 Å². The minimum atomic E-state index is -0.444. The summed E-state index contributed by atoms with van der Waals surface area (Å²) in [5.74, 6) is -0.307. The average molecular weight is 368 g/mol. The Hall–Kier alpha value is -1.59. The fourth-order valence-corrected chi connectivity index (χ4v) is 4.25. The van der Waals surface area contributed by atoms with Crippen LogP contribution in [0.15, 0.2) is 42.5 Å². The third-order valence-electron chi connectivity index (χ3n) is 4.04. The van der Waals surface area contributed by atoms with Crippen LogP contribution in [0.2, 0.25) is 5.02 Å². The van der Waals surface area contributed by atoms with Gasteiger partial charge >= 0.3 is 0 Å². The minimum absolute atomic E-state index is 0.124. The molecule has 1 fully saturated rings. The molecule has 0 radical (unpaired) electrons. The summed E-state index contributed by atoms with van der Waals surface area (Å²) in [6.07, 6.45) is 0.571. The van der Waals surface area contributed by atoms with E-state index in [1.54, 1.807) is 40.9 Å². The Kier molecular flexibility index (Phi) is 5.41. The molecule has 1 aliphatic heterocycles. The van der Waals surface area contributed by atoms with Gasteiger partial charge < -0.3 is 4.90 Å². The van der Waals surface area contributed by atoms with E-state index in [4.69, 9.17) is 11.6 Å². The fourth-order valence-electron chi connectivity index (χ4n) is 2.79. The molecule has 2 aromatic carbocycles. The molecule has 6 heteroatoms. The number of thioether (sulfide) groups is 1. The van der Waals surface area contributed by atoms with Crippen LogP contribution in [0.4, 0.5) is 8.78 Å². The number of nitrogens with zero attached hydrogens (tertiary/aromatic N) is 1. The predicted molar refractivity (Wildman–Crippen MR) is 93.5 cm³/mol. The quantitative estimate of drug-likeness (QED) is 0.749. The zero-order chi connectivity index (χ0) is 17.1. The van der Waals surface area contributed by atoms with Crippen molar-refractivity contribution in [1.29, 1.82) is 0 Å². The fraction of sp³-hybridized carbons (Fsp3) is 0.278. The molecule has 3 rings (SSSR count). The highest BCUT2D eigenvalue weighted by Crippen LogP contribution is 2.36. The highest BCUT2D eigenvalue weighted by atomic mass is 35.5. The third-order valence-corrected chi connectivity index (χ3v) is 5.68. The smallest absolute Gasteiger partial charge is 0.255 e. The Bertz CT molecular complexity index is 756. The molecule has 24 heavy (non-hydrogen) atoms. The molecule has 0 aromatic heterocycles. The van der Waals surface area contributed by atoms with Crippen LogP contribution in [0.1, 0.15) is 27.6 Å². The number of amides is 1. The normalized spacial score (nSPS) is 18.3. The monoisotopic (exact) mass is 367 g/mol. The lowest BCUT2D eigenvalue weighted by Crippen LogP contribution is -2.33. The van der Waals surface area contributed by atoms with Crippen molar-refractivity contribution in [2.45, 2.75) is 11.7 Å². The van der Waals surface area contributed by atoms with Gasteiger partial charge in [0.2, 0.25) is 0 Å². The van der Waals surface area contributed by atoms with Gasteiger partial charge in [-0.3, -0.25) is 4.79 Å². The number of carbonyl (C=O) groups is 1. The van der Waals surface area contributed by atoms with E-state index in [1.807, 2.05) is 0 Å². The lowest BCUT2D eigenvalue weighted by Gasteiger charge is -2.21. The summed E-state index contributed by atoms with van der Waals surface area (Å²) >= 11 is 7.64. The predicted octanol–water partition coefficient (Wildman–Crippen LogP) is 4.94. The molecular formula is C18H16ClF2NOS. The van der Waals surface area contributed by atoms with Crippen molar-refractivity contribution in [2.24, 2.45) is 0 Å². The van der Waals surface area contributed by atoms with Crippen LogP contribution in [-0.4, -0.2) is 29.6 Å². The molecule has 1 amide bonds. The SMILES string of the molecule is O=C(c1ccccc1Cl)N1CCSC(c2cc(F)ccc2F)CC1. The van der Waals surface area contributed by atoms with E-state index >= 15 is 0 Å². The first kappa shape index (κ1) is 17.2. The molecule has 1 atom stereocenters. The van der Waals surface area contributed by atoms with Gasteiger partial charge in [-0.1, -0.05) is 23.7 Å². The summed E-state index contributed by atoms with van der Waals surface area (Å²) in [6, 6.07) is 10.5. The van der Waals surface area contributed by atoms with Crippen molar-refractivity contribution in [3.05, 3.63) is 70.2 Å². The molecule has 126 valence electrons. The molecule has 1 saturated heterocycles. The molecular weight excluding hydrogens is 352 g/mol. The number of rotatable bonds is 2. The Labute approximate surface area is 148 Å². The highest BCUT2D eigenvalue weighted by Gasteiger charge is 2.25. The van der Waals surface area contributed by atoms with Gasteiger partial charge in [0.05, 0.1) is 10.6 Å². The van der Waals surface area contributed by atoms with E-state index in [0.29, 0.717) is 41.4 Å². The molecule has 2 nitrogen and oxygen atoms in total. The molecule has 0 spiro atoms. The largest absolute Gasteiger partial charge is 0.338 e.